The first kappa shape index (κ1) is 19.1. The third-order valence-corrected chi connectivity index (χ3v) is 6.40. The van der Waals surface area contributed by atoms with E-state index in [0.29, 0.717) is 29.6 Å². The normalized spacial score (nSPS) is 26.9. The number of carbonyl (C=O) groups excluding carboxylic acids is 1. The average molecular weight is 357 g/mol. The number of benzene rings is 1. The molecule has 3 nitrogen and oxygen atoms in total. The standard InChI is InChI=1S/C23H32O3/c1-14(2)21-19(23(25)26)12-11-18(17-9-4-5-10-20(17)24)22(21)16-8-6-7-15(3)13-16/h11-12,14-17H,4-10,13H2,1-3H3,(H,25,26). The molecule has 0 heterocycles. The van der Waals surface area contributed by atoms with Gasteiger partial charge in [0.1, 0.15) is 5.78 Å². The van der Waals surface area contributed by atoms with Crippen LogP contribution in [0, 0.1) is 5.92 Å². The summed E-state index contributed by atoms with van der Waals surface area (Å²) in [6.07, 6.45) is 8.34. The van der Waals surface area contributed by atoms with Gasteiger partial charge in [0.05, 0.1) is 5.56 Å². The summed E-state index contributed by atoms with van der Waals surface area (Å²) >= 11 is 0. The predicted octanol–water partition coefficient (Wildman–Crippen LogP) is 6.03. The molecule has 2 aliphatic rings. The van der Waals surface area contributed by atoms with Gasteiger partial charge in [-0.1, -0.05) is 46.1 Å². The second-order valence-corrected chi connectivity index (χ2v) is 8.72. The summed E-state index contributed by atoms with van der Waals surface area (Å²) in [6, 6.07) is 3.72. The van der Waals surface area contributed by atoms with Gasteiger partial charge in [0, 0.05) is 12.3 Å². The van der Waals surface area contributed by atoms with Crippen LogP contribution in [-0.4, -0.2) is 16.9 Å². The van der Waals surface area contributed by atoms with Gasteiger partial charge < -0.3 is 5.11 Å². The van der Waals surface area contributed by atoms with Crippen LogP contribution in [0.4, 0.5) is 0 Å². The van der Waals surface area contributed by atoms with E-state index in [1.54, 1.807) is 6.07 Å². The molecule has 0 saturated heterocycles. The monoisotopic (exact) mass is 356 g/mol. The Labute approximate surface area is 157 Å². The van der Waals surface area contributed by atoms with Gasteiger partial charge in [0.2, 0.25) is 0 Å². The summed E-state index contributed by atoms with van der Waals surface area (Å²) < 4.78 is 0. The zero-order valence-electron chi connectivity index (χ0n) is 16.4. The van der Waals surface area contributed by atoms with E-state index in [1.807, 2.05) is 6.07 Å². The Morgan fingerprint density at radius 3 is 2.50 bits per heavy atom. The Morgan fingerprint density at radius 2 is 1.88 bits per heavy atom. The smallest absolute Gasteiger partial charge is 0.335 e. The molecule has 0 radical (unpaired) electrons. The molecule has 3 unspecified atom stereocenters. The van der Waals surface area contributed by atoms with Crippen molar-refractivity contribution in [2.75, 3.05) is 0 Å². The second kappa shape index (κ2) is 7.94. The van der Waals surface area contributed by atoms with Crippen LogP contribution < -0.4 is 0 Å². The van der Waals surface area contributed by atoms with E-state index >= 15 is 0 Å². The SMILES string of the molecule is CC1CCCC(c2c(C3CCCCC3=O)ccc(C(=O)O)c2C(C)C)C1. The zero-order chi connectivity index (χ0) is 18.8. The number of hydrogen-bond acceptors (Lipinski definition) is 2. The van der Waals surface area contributed by atoms with E-state index in [-0.39, 0.29) is 11.8 Å². The molecule has 26 heavy (non-hydrogen) atoms. The molecule has 1 N–H and O–H groups in total. The maximum Gasteiger partial charge on any atom is 0.335 e. The van der Waals surface area contributed by atoms with Gasteiger partial charge in [-0.3, -0.25) is 4.79 Å². The van der Waals surface area contributed by atoms with E-state index in [1.165, 1.54) is 18.4 Å². The fraction of sp³-hybridized carbons (Fsp3) is 0.652. The van der Waals surface area contributed by atoms with Crippen LogP contribution in [0.15, 0.2) is 12.1 Å². The molecule has 2 aliphatic carbocycles. The largest absolute Gasteiger partial charge is 0.478 e. The molecule has 142 valence electrons. The first-order valence-corrected chi connectivity index (χ1v) is 10.3. The highest BCUT2D eigenvalue weighted by Crippen LogP contribution is 2.45. The van der Waals surface area contributed by atoms with Crippen LogP contribution in [0.5, 0.6) is 0 Å². The molecule has 0 amide bonds. The number of carbonyl (C=O) groups is 2. The number of ketones is 1. The number of Topliss-reactive ketones (excluding diaryl/α,β-unsaturated/α-hetero) is 1. The van der Waals surface area contributed by atoms with E-state index in [4.69, 9.17) is 0 Å². The second-order valence-electron chi connectivity index (χ2n) is 8.72. The third kappa shape index (κ3) is 3.72. The minimum Gasteiger partial charge on any atom is -0.478 e. The van der Waals surface area contributed by atoms with Crippen molar-refractivity contribution in [3.8, 4) is 0 Å². The molecule has 1 aromatic rings. The molecule has 2 saturated carbocycles. The van der Waals surface area contributed by atoms with E-state index in [9.17, 15) is 14.7 Å². The van der Waals surface area contributed by atoms with Crippen molar-refractivity contribution in [1.29, 1.82) is 0 Å². The summed E-state index contributed by atoms with van der Waals surface area (Å²) in [7, 11) is 0. The molecule has 3 heteroatoms. The van der Waals surface area contributed by atoms with Crippen molar-refractivity contribution in [3.63, 3.8) is 0 Å². The minimum absolute atomic E-state index is 0.0312. The maximum absolute atomic E-state index is 12.7. The van der Waals surface area contributed by atoms with Gasteiger partial charge in [-0.15, -0.1) is 0 Å². The van der Waals surface area contributed by atoms with Crippen LogP contribution >= 0.6 is 0 Å². The lowest BCUT2D eigenvalue weighted by Crippen LogP contribution is -2.23. The van der Waals surface area contributed by atoms with Gasteiger partial charge in [0.25, 0.3) is 0 Å². The number of rotatable bonds is 4. The molecule has 1 aromatic carbocycles. The fourth-order valence-corrected chi connectivity index (χ4v) is 5.23. The van der Waals surface area contributed by atoms with Crippen LogP contribution in [0.1, 0.15) is 117 Å². The quantitative estimate of drug-likeness (QED) is 0.716. The molecule has 3 atom stereocenters. The van der Waals surface area contributed by atoms with Crippen molar-refractivity contribution >= 4 is 11.8 Å². The molecule has 3 rings (SSSR count). The molecule has 2 fully saturated rings. The number of carboxylic acid groups (broad SMARTS) is 1. The lowest BCUT2D eigenvalue weighted by molar-refractivity contribution is -0.121. The van der Waals surface area contributed by atoms with E-state index in [2.05, 4.69) is 20.8 Å². The van der Waals surface area contributed by atoms with Gasteiger partial charge in [-0.25, -0.2) is 4.79 Å². The number of hydrogen-bond donors (Lipinski definition) is 1. The zero-order valence-corrected chi connectivity index (χ0v) is 16.4. The van der Waals surface area contributed by atoms with Crippen LogP contribution in [0.25, 0.3) is 0 Å². The minimum atomic E-state index is -0.847. The van der Waals surface area contributed by atoms with Gasteiger partial charge >= 0.3 is 5.97 Å². The van der Waals surface area contributed by atoms with Crippen molar-refractivity contribution in [2.24, 2.45) is 5.92 Å². The lowest BCUT2D eigenvalue weighted by Gasteiger charge is -2.34. The summed E-state index contributed by atoms with van der Waals surface area (Å²) in [6.45, 7) is 6.47. The summed E-state index contributed by atoms with van der Waals surface area (Å²) in [5.41, 5.74) is 3.77. The molecule has 0 aliphatic heterocycles. The highest BCUT2D eigenvalue weighted by atomic mass is 16.4. The Morgan fingerprint density at radius 1 is 1.12 bits per heavy atom. The van der Waals surface area contributed by atoms with Crippen LogP contribution in [0.2, 0.25) is 0 Å². The molecule has 0 aromatic heterocycles. The highest BCUT2D eigenvalue weighted by Gasteiger charge is 2.33. The Hall–Kier alpha value is -1.64. The molecule has 0 bridgehead atoms. The first-order chi connectivity index (χ1) is 12.4. The van der Waals surface area contributed by atoms with Crippen LogP contribution in [0.3, 0.4) is 0 Å². The van der Waals surface area contributed by atoms with Crippen LogP contribution in [-0.2, 0) is 4.79 Å². The predicted molar refractivity (Wildman–Crippen MR) is 104 cm³/mol. The summed E-state index contributed by atoms with van der Waals surface area (Å²) in [4.78, 5) is 24.6. The Kier molecular flexibility index (Phi) is 5.84. The van der Waals surface area contributed by atoms with Crippen molar-refractivity contribution < 1.29 is 14.7 Å². The van der Waals surface area contributed by atoms with Crippen molar-refractivity contribution in [2.45, 2.75) is 89.9 Å². The number of carboxylic acids is 1. The summed E-state index contributed by atoms with van der Waals surface area (Å²) in [5.74, 6) is 0.667. The highest BCUT2D eigenvalue weighted by molar-refractivity contribution is 5.92. The Balaban J connectivity index is 2.18. The first-order valence-electron chi connectivity index (χ1n) is 10.3. The number of aromatic carboxylic acids is 1. The molecule has 0 spiro atoms. The summed E-state index contributed by atoms with van der Waals surface area (Å²) in [5, 5.41) is 9.78. The van der Waals surface area contributed by atoms with Gasteiger partial charge in [-0.05, 0) is 66.2 Å². The average Bonchev–Trinajstić information content (AvgIpc) is 2.60. The van der Waals surface area contributed by atoms with Gasteiger partial charge in [-0.2, -0.15) is 0 Å². The lowest BCUT2D eigenvalue weighted by atomic mass is 9.70. The molecular weight excluding hydrogens is 324 g/mol. The van der Waals surface area contributed by atoms with Crippen molar-refractivity contribution in [1.82, 2.24) is 0 Å². The maximum atomic E-state index is 12.7. The molecular formula is C23H32O3. The Bertz CT molecular complexity index is 689. The topological polar surface area (TPSA) is 54.4 Å². The van der Waals surface area contributed by atoms with Crippen molar-refractivity contribution in [3.05, 3.63) is 34.4 Å². The van der Waals surface area contributed by atoms with Gasteiger partial charge in [0.15, 0.2) is 0 Å². The third-order valence-electron chi connectivity index (χ3n) is 6.40. The van der Waals surface area contributed by atoms with E-state index in [0.717, 1.165) is 43.2 Å². The van der Waals surface area contributed by atoms with E-state index < -0.39 is 5.97 Å². The fourth-order valence-electron chi connectivity index (χ4n) is 5.23.